The third-order valence-corrected chi connectivity index (χ3v) is 5.85. The Kier molecular flexibility index (Phi) is 4.27. The highest BCUT2D eigenvalue weighted by Crippen LogP contribution is 2.45. The fraction of sp³-hybridized carbons (Fsp3) is 0.208. The Morgan fingerprint density at radius 1 is 1.19 bits per heavy atom. The van der Waals surface area contributed by atoms with Gasteiger partial charge in [0.05, 0.1) is 29.4 Å². The molecule has 1 fully saturated rings. The van der Waals surface area contributed by atoms with E-state index in [9.17, 15) is 9.50 Å². The zero-order chi connectivity index (χ0) is 21.8. The van der Waals surface area contributed by atoms with Crippen molar-refractivity contribution in [2.45, 2.75) is 31.4 Å². The van der Waals surface area contributed by atoms with Crippen molar-refractivity contribution in [1.82, 2.24) is 14.8 Å². The van der Waals surface area contributed by atoms with Crippen LogP contribution >= 0.6 is 0 Å². The average Bonchev–Trinajstić information content (AvgIpc) is 3.07. The molecule has 0 unspecified atom stereocenters. The van der Waals surface area contributed by atoms with Crippen molar-refractivity contribution in [3.05, 3.63) is 71.8 Å². The normalized spacial score (nSPS) is 20.4. The van der Waals surface area contributed by atoms with Gasteiger partial charge in [-0.15, -0.1) is 0 Å². The first kappa shape index (κ1) is 19.2. The molecule has 5 rings (SSSR count). The molecule has 2 aromatic heterocycles. The van der Waals surface area contributed by atoms with Crippen LogP contribution in [0, 0.1) is 12.4 Å². The van der Waals surface area contributed by atoms with Crippen LogP contribution in [0.2, 0.25) is 0 Å². The highest BCUT2D eigenvalue weighted by molar-refractivity contribution is 5.90. The quantitative estimate of drug-likeness (QED) is 0.457. The molecule has 2 heterocycles. The summed E-state index contributed by atoms with van der Waals surface area (Å²) in [7, 11) is 0. The number of aliphatic hydroxyl groups is 1. The number of rotatable bonds is 3. The van der Waals surface area contributed by atoms with Crippen LogP contribution in [0.25, 0.3) is 38.3 Å². The predicted molar refractivity (Wildman–Crippen MR) is 118 cm³/mol. The molecular weight excluding hydrogens is 393 g/mol. The fourth-order valence-corrected chi connectivity index (χ4v) is 4.23. The minimum atomic E-state index is -0.725. The molecule has 0 spiro atoms. The van der Waals surface area contributed by atoms with Crippen molar-refractivity contribution >= 4 is 22.4 Å². The average molecular weight is 413 g/mol. The third kappa shape index (κ3) is 3.22. The lowest BCUT2D eigenvalue weighted by molar-refractivity contribution is -0.0535. The Labute approximate surface area is 178 Å². The maximum Gasteiger partial charge on any atom is 0.254 e. The zero-order valence-electron chi connectivity index (χ0n) is 16.9. The van der Waals surface area contributed by atoms with Crippen molar-refractivity contribution in [2.75, 3.05) is 5.73 Å². The summed E-state index contributed by atoms with van der Waals surface area (Å²) in [4.78, 5) is 8.25. The molecular formula is C24H20FN5O. The molecule has 3 N–H and O–H groups in total. The molecule has 7 heteroatoms. The number of nitrogen functional groups attached to an aromatic ring is 1. The molecule has 1 aliphatic carbocycles. The van der Waals surface area contributed by atoms with Crippen molar-refractivity contribution < 1.29 is 9.50 Å². The Bertz CT molecular complexity index is 1360. The summed E-state index contributed by atoms with van der Waals surface area (Å²) in [5, 5.41) is 15.6. The molecule has 0 bridgehead atoms. The third-order valence-electron chi connectivity index (χ3n) is 5.85. The Morgan fingerprint density at radius 3 is 2.65 bits per heavy atom. The summed E-state index contributed by atoms with van der Waals surface area (Å²) in [5.41, 5.74) is 8.64. The van der Waals surface area contributed by atoms with Crippen molar-refractivity contribution in [3.8, 4) is 22.5 Å². The monoisotopic (exact) mass is 413 g/mol. The van der Waals surface area contributed by atoms with Crippen LogP contribution in [0.4, 0.5) is 15.9 Å². The number of hydrogen-bond donors (Lipinski definition) is 2. The number of nitrogens with two attached hydrogens (primary N) is 1. The standard InChI is InChI=1S/C24H20FN5O/c1-24(31)12-16(13-24)30-23(26)22(27-2)21(29-30)15-8-7-14-9-10-19(28-20(14)11-15)17-5-3-4-6-18(17)25/h3-11,16,31H,12-13,26H2,1H3. The van der Waals surface area contributed by atoms with Gasteiger partial charge >= 0.3 is 0 Å². The smallest absolute Gasteiger partial charge is 0.254 e. The second kappa shape index (κ2) is 6.89. The number of aromatic nitrogens is 3. The summed E-state index contributed by atoms with van der Waals surface area (Å²) < 4.78 is 15.9. The lowest BCUT2D eigenvalue weighted by atomic mass is 9.77. The molecule has 6 nitrogen and oxygen atoms in total. The molecule has 0 aliphatic heterocycles. The number of anilines is 1. The fourth-order valence-electron chi connectivity index (χ4n) is 4.23. The molecule has 0 amide bonds. The molecule has 1 aliphatic rings. The Morgan fingerprint density at radius 2 is 1.94 bits per heavy atom. The SMILES string of the molecule is [C-]#[N+]c1c(-c2ccc3ccc(-c4ccccc4F)nc3c2)nn(C2CC(C)(O)C2)c1N. The molecule has 0 atom stereocenters. The first-order valence-corrected chi connectivity index (χ1v) is 10.0. The number of benzene rings is 2. The van der Waals surface area contributed by atoms with Gasteiger partial charge in [-0.1, -0.05) is 30.3 Å². The van der Waals surface area contributed by atoms with E-state index in [1.807, 2.05) is 24.3 Å². The van der Waals surface area contributed by atoms with Crippen LogP contribution in [-0.4, -0.2) is 25.5 Å². The van der Waals surface area contributed by atoms with Gasteiger partial charge in [-0.05, 0) is 49.6 Å². The van der Waals surface area contributed by atoms with E-state index in [-0.39, 0.29) is 17.5 Å². The van der Waals surface area contributed by atoms with Gasteiger partial charge in [0.1, 0.15) is 17.3 Å². The summed E-state index contributed by atoms with van der Waals surface area (Å²) in [5.74, 6) is -0.0256. The molecule has 2 aromatic carbocycles. The van der Waals surface area contributed by atoms with E-state index >= 15 is 0 Å². The molecule has 0 saturated heterocycles. The van der Waals surface area contributed by atoms with Gasteiger partial charge in [0.2, 0.25) is 0 Å². The molecule has 0 radical (unpaired) electrons. The molecule has 154 valence electrons. The van der Waals surface area contributed by atoms with Gasteiger partial charge in [-0.25, -0.2) is 14.2 Å². The lowest BCUT2D eigenvalue weighted by Crippen LogP contribution is -2.42. The number of halogens is 1. The van der Waals surface area contributed by atoms with E-state index in [2.05, 4.69) is 14.9 Å². The van der Waals surface area contributed by atoms with E-state index in [4.69, 9.17) is 12.3 Å². The van der Waals surface area contributed by atoms with Crippen molar-refractivity contribution in [2.24, 2.45) is 0 Å². The van der Waals surface area contributed by atoms with Gasteiger partial charge in [0.15, 0.2) is 0 Å². The largest absolute Gasteiger partial charge is 0.393 e. The number of pyridine rings is 1. The number of nitrogens with zero attached hydrogens (tertiary/aromatic N) is 4. The number of hydrogen-bond acceptors (Lipinski definition) is 4. The van der Waals surface area contributed by atoms with Crippen LogP contribution < -0.4 is 5.73 Å². The minimum Gasteiger partial charge on any atom is -0.393 e. The Hall–Kier alpha value is -3.76. The van der Waals surface area contributed by atoms with Crippen LogP contribution in [0.5, 0.6) is 0 Å². The van der Waals surface area contributed by atoms with Crippen LogP contribution in [-0.2, 0) is 0 Å². The van der Waals surface area contributed by atoms with Crippen molar-refractivity contribution in [3.63, 3.8) is 0 Å². The van der Waals surface area contributed by atoms with Gasteiger partial charge in [-0.2, -0.15) is 5.10 Å². The second-order valence-electron chi connectivity index (χ2n) is 8.28. The van der Waals surface area contributed by atoms with Crippen LogP contribution in [0.1, 0.15) is 25.8 Å². The second-order valence-corrected chi connectivity index (χ2v) is 8.28. The summed E-state index contributed by atoms with van der Waals surface area (Å²) in [6.45, 7) is 9.38. The predicted octanol–water partition coefficient (Wildman–Crippen LogP) is 5.12. The lowest BCUT2D eigenvalue weighted by Gasteiger charge is -2.41. The van der Waals surface area contributed by atoms with E-state index in [0.29, 0.717) is 46.7 Å². The molecule has 31 heavy (non-hydrogen) atoms. The van der Waals surface area contributed by atoms with Crippen LogP contribution in [0.3, 0.4) is 0 Å². The van der Waals surface area contributed by atoms with E-state index < -0.39 is 5.60 Å². The highest BCUT2D eigenvalue weighted by atomic mass is 19.1. The first-order valence-electron chi connectivity index (χ1n) is 10.0. The highest BCUT2D eigenvalue weighted by Gasteiger charge is 2.41. The van der Waals surface area contributed by atoms with E-state index in [0.717, 1.165) is 5.39 Å². The summed E-state index contributed by atoms with van der Waals surface area (Å²) in [6, 6.07) is 15.8. The first-order chi connectivity index (χ1) is 14.9. The van der Waals surface area contributed by atoms with Gasteiger partial charge in [0.25, 0.3) is 5.69 Å². The maximum atomic E-state index is 14.2. The molecule has 1 saturated carbocycles. The zero-order valence-corrected chi connectivity index (χ0v) is 16.9. The summed E-state index contributed by atoms with van der Waals surface area (Å²) in [6.07, 6.45) is 1.09. The van der Waals surface area contributed by atoms with Crippen LogP contribution in [0.15, 0.2) is 54.6 Å². The van der Waals surface area contributed by atoms with E-state index in [1.165, 1.54) is 6.07 Å². The molecule has 4 aromatic rings. The minimum absolute atomic E-state index is 0.0320. The Balaban J connectivity index is 1.59. The topological polar surface area (TPSA) is 81.3 Å². The van der Waals surface area contributed by atoms with Crippen molar-refractivity contribution in [1.29, 1.82) is 0 Å². The van der Waals surface area contributed by atoms with E-state index in [1.54, 1.807) is 35.9 Å². The van der Waals surface area contributed by atoms with Gasteiger partial charge in [-0.3, -0.25) is 4.68 Å². The van der Waals surface area contributed by atoms with Gasteiger partial charge < -0.3 is 10.8 Å². The van der Waals surface area contributed by atoms with Gasteiger partial charge in [0, 0.05) is 10.9 Å². The summed E-state index contributed by atoms with van der Waals surface area (Å²) >= 11 is 0. The number of fused-ring (bicyclic) bond motifs is 1. The maximum absolute atomic E-state index is 14.2.